The van der Waals surface area contributed by atoms with Crippen molar-refractivity contribution in [3.63, 3.8) is 0 Å². The molecule has 0 aromatic rings. The van der Waals surface area contributed by atoms with Crippen LogP contribution in [-0.2, 0) is 4.74 Å². The number of hydrogen-bond acceptors (Lipinski definition) is 2. The van der Waals surface area contributed by atoms with Gasteiger partial charge in [-0.2, -0.15) is 0 Å². The molecule has 0 aliphatic rings. The number of unbranched alkanes of at least 4 members (excludes halogenated alkanes) is 2. The molecular weight excluding hydrogens is 236 g/mol. The molecule has 0 spiro atoms. The molecule has 0 heterocycles. The van der Waals surface area contributed by atoms with E-state index in [0.29, 0.717) is 5.84 Å². The standard InChI is InChI=1S/C16H34N2O/c1-5-7-10-14(6-2)13-19-12-9-8-11-16(3,4)15(17)18/h14H,5-13H2,1-4H3,(H3,17,18). The van der Waals surface area contributed by atoms with Crippen LogP contribution in [0.15, 0.2) is 0 Å². The van der Waals surface area contributed by atoms with Crippen LogP contribution in [0.1, 0.15) is 72.6 Å². The van der Waals surface area contributed by atoms with Crippen molar-refractivity contribution in [2.45, 2.75) is 72.6 Å². The van der Waals surface area contributed by atoms with Crippen LogP contribution >= 0.6 is 0 Å². The maximum absolute atomic E-state index is 7.51. The molecule has 19 heavy (non-hydrogen) atoms. The molecule has 3 N–H and O–H groups in total. The fraction of sp³-hybridized carbons (Fsp3) is 0.938. The topological polar surface area (TPSA) is 59.1 Å². The second kappa shape index (κ2) is 10.2. The van der Waals surface area contributed by atoms with E-state index in [2.05, 4.69) is 13.8 Å². The lowest BCUT2D eigenvalue weighted by atomic mass is 9.86. The highest BCUT2D eigenvalue weighted by Crippen LogP contribution is 2.22. The van der Waals surface area contributed by atoms with Crippen LogP contribution in [0, 0.1) is 16.7 Å². The molecular formula is C16H34N2O. The predicted molar refractivity (Wildman–Crippen MR) is 83.7 cm³/mol. The maximum atomic E-state index is 7.51. The third-order valence-corrected chi connectivity index (χ3v) is 3.97. The van der Waals surface area contributed by atoms with Crippen LogP contribution in [0.4, 0.5) is 0 Å². The Hall–Kier alpha value is -0.570. The first-order valence-corrected chi connectivity index (χ1v) is 7.86. The summed E-state index contributed by atoms with van der Waals surface area (Å²) < 4.78 is 5.77. The van der Waals surface area contributed by atoms with Crippen LogP contribution in [0.25, 0.3) is 0 Å². The molecule has 0 aliphatic carbocycles. The second-order valence-corrected chi connectivity index (χ2v) is 6.25. The zero-order valence-corrected chi connectivity index (χ0v) is 13.4. The highest BCUT2D eigenvalue weighted by Gasteiger charge is 2.20. The van der Waals surface area contributed by atoms with Crippen molar-refractivity contribution < 1.29 is 4.74 Å². The van der Waals surface area contributed by atoms with Gasteiger partial charge in [0.25, 0.3) is 0 Å². The third-order valence-electron chi connectivity index (χ3n) is 3.97. The smallest absolute Gasteiger partial charge is 0.0963 e. The fourth-order valence-electron chi connectivity index (χ4n) is 2.05. The van der Waals surface area contributed by atoms with Crippen LogP contribution in [-0.4, -0.2) is 19.0 Å². The summed E-state index contributed by atoms with van der Waals surface area (Å²) in [6.07, 6.45) is 8.23. The Bertz CT molecular complexity index is 239. The highest BCUT2D eigenvalue weighted by atomic mass is 16.5. The van der Waals surface area contributed by atoms with Gasteiger partial charge in [-0.15, -0.1) is 0 Å². The van der Waals surface area contributed by atoms with Gasteiger partial charge in [0, 0.05) is 18.6 Å². The van der Waals surface area contributed by atoms with Gasteiger partial charge in [0.2, 0.25) is 0 Å². The Morgan fingerprint density at radius 2 is 1.89 bits per heavy atom. The number of ether oxygens (including phenoxy) is 1. The van der Waals surface area contributed by atoms with Crippen LogP contribution < -0.4 is 5.73 Å². The fourth-order valence-corrected chi connectivity index (χ4v) is 2.05. The van der Waals surface area contributed by atoms with E-state index in [9.17, 15) is 0 Å². The van der Waals surface area contributed by atoms with Crippen molar-refractivity contribution in [2.75, 3.05) is 13.2 Å². The molecule has 0 saturated carbocycles. The summed E-state index contributed by atoms with van der Waals surface area (Å²) in [5, 5.41) is 7.51. The molecule has 3 heteroatoms. The number of amidine groups is 1. The lowest BCUT2D eigenvalue weighted by Gasteiger charge is -2.22. The maximum Gasteiger partial charge on any atom is 0.0963 e. The van der Waals surface area contributed by atoms with E-state index in [1.807, 2.05) is 13.8 Å². The van der Waals surface area contributed by atoms with Crippen molar-refractivity contribution in [2.24, 2.45) is 17.1 Å². The largest absolute Gasteiger partial charge is 0.387 e. The van der Waals surface area contributed by atoms with Gasteiger partial charge < -0.3 is 10.5 Å². The minimum atomic E-state index is -0.160. The van der Waals surface area contributed by atoms with Crippen molar-refractivity contribution in [1.29, 1.82) is 5.41 Å². The lowest BCUT2D eigenvalue weighted by molar-refractivity contribution is 0.0900. The van der Waals surface area contributed by atoms with Crippen LogP contribution in [0.2, 0.25) is 0 Å². The average Bonchev–Trinajstić information content (AvgIpc) is 2.36. The van der Waals surface area contributed by atoms with Gasteiger partial charge in [0.1, 0.15) is 0 Å². The summed E-state index contributed by atoms with van der Waals surface area (Å²) in [5.41, 5.74) is 5.41. The van der Waals surface area contributed by atoms with E-state index in [1.165, 1.54) is 25.7 Å². The van der Waals surface area contributed by atoms with E-state index in [0.717, 1.165) is 38.4 Å². The van der Waals surface area contributed by atoms with Gasteiger partial charge in [0.05, 0.1) is 5.84 Å². The molecule has 0 aromatic carbocycles. The third kappa shape index (κ3) is 9.04. The Balaban J connectivity index is 3.56. The predicted octanol–water partition coefficient (Wildman–Crippen LogP) is 4.35. The molecule has 0 radical (unpaired) electrons. The minimum Gasteiger partial charge on any atom is -0.387 e. The van der Waals surface area contributed by atoms with Crippen molar-refractivity contribution in [3.05, 3.63) is 0 Å². The number of hydrogen-bond donors (Lipinski definition) is 2. The second-order valence-electron chi connectivity index (χ2n) is 6.25. The molecule has 1 atom stereocenters. The van der Waals surface area contributed by atoms with Crippen molar-refractivity contribution >= 4 is 5.84 Å². The molecule has 1 unspecified atom stereocenters. The molecule has 0 fully saturated rings. The molecule has 0 amide bonds. The van der Waals surface area contributed by atoms with Crippen LogP contribution in [0.5, 0.6) is 0 Å². The Labute approximate surface area is 119 Å². The summed E-state index contributed by atoms with van der Waals surface area (Å²) in [4.78, 5) is 0. The van der Waals surface area contributed by atoms with Gasteiger partial charge >= 0.3 is 0 Å². The average molecular weight is 270 g/mol. The molecule has 114 valence electrons. The van der Waals surface area contributed by atoms with Gasteiger partial charge in [-0.25, -0.2) is 0 Å². The van der Waals surface area contributed by atoms with E-state index in [4.69, 9.17) is 15.9 Å². The molecule has 0 aromatic heterocycles. The SMILES string of the molecule is CCCCC(CC)COCCCCC(C)(C)C(=N)N. The first kappa shape index (κ1) is 18.4. The monoisotopic (exact) mass is 270 g/mol. The van der Waals surface area contributed by atoms with E-state index in [1.54, 1.807) is 0 Å². The minimum absolute atomic E-state index is 0.160. The van der Waals surface area contributed by atoms with Gasteiger partial charge in [0.15, 0.2) is 0 Å². The highest BCUT2D eigenvalue weighted by molar-refractivity contribution is 5.82. The summed E-state index contributed by atoms with van der Waals surface area (Å²) in [7, 11) is 0. The Morgan fingerprint density at radius 1 is 1.21 bits per heavy atom. The van der Waals surface area contributed by atoms with Gasteiger partial charge in [-0.1, -0.05) is 53.4 Å². The zero-order chi connectivity index (χ0) is 14.7. The van der Waals surface area contributed by atoms with Crippen molar-refractivity contribution in [1.82, 2.24) is 0 Å². The van der Waals surface area contributed by atoms with Crippen LogP contribution in [0.3, 0.4) is 0 Å². The lowest BCUT2D eigenvalue weighted by Crippen LogP contribution is -2.30. The normalized spacial score (nSPS) is 13.5. The number of nitrogens with one attached hydrogen (secondary N) is 1. The first-order chi connectivity index (χ1) is 8.94. The summed E-state index contributed by atoms with van der Waals surface area (Å²) in [5.74, 6) is 1.02. The zero-order valence-electron chi connectivity index (χ0n) is 13.4. The number of nitrogens with two attached hydrogens (primary N) is 1. The summed E-state index contributed by atoms with van der Waals surface area (Å²) in [6, 6.07) is 0. The quantitative estimate of drug-likeness (QED) is 0.314. The van der Waals surface area contributed by atoms with Gasteiger partial charge in [-0.05, 0) is 25.2 Å². The Morgan fingerprint density at radius 3 is 2.42 bits per heavy atom. The first-order valence-electron chi connectivity index (χ1n) is 7.86. The Kier molecular flexibility index (Phi) is 9.94. The van der Waals surface area contributed by atoms with Crippen molar-refractivity contribution in [3.8, 4) is 0 Å². The summed E-state index contributed by atoms with van der Waals surface area (Å²) in [6.45, 7) is 10.3. The molecule has 0 bridgehead atoms. The van der Waals surface area contributed by atoms with Gasteiger partial charge in [-0.3, -0.25) is 5.41 Å². The van der Waals surface area contributed by atoms with E-state index >= 15 is 0 Å². The van der Waals surface area contributed by atoms with E-state index in [-0.39, 0.29) is 5.41 Å². The molecule has 3 nitrogen and oxygen atoms in total. The van der Waals surface area contributed by atoms with E-state index < -0.39 is 0 Å². The summed E-state index contributed by atoms with van der Waals surface area (Å²) >= 11 is 0. The molecule has 0 aliphatic heterocycles. The molecule has 0 rings (SSSR count). The molecule has 0 saturated heterocycles. The number of rotatable bonds is 12.